The van der Waals surface area contributed by atoms with Gasteiger partial charge in [0.1, 0.15) is 6.04 Å². The van der Waals surface area contributed by atoms with Gasteiger partial charge >= 0.3 is 0 Å². The number of tetrazole rings is 1. The Morgan fingerprint density at radius 2 is 1.66 bits per heavy atom. The molecule has 7 heteroatoms. The van der Waals surface area contributed by atoms with Crippen LogP contribution in [0.25, 0.3) is 10.9 Å². The fraction of sp³-hybridized carbons (Fsp3) is 0.600. The Labute approximate surface area is 189 Å². The maximum absolute atomic E-state index is 13.5. The largest absolute Gasteiger partial charge is 0.321 e. The smallest absolute Gasteiger partial charge is 0.253 e. The summed E-state index contributed by atoms with van der Waals surface area (Å²) in [6.07, 6.45) is 10.7. The zero-order valence-electron chi connectivity index (χ0n) is 19.3. The molecule has 5 rings (SSSR count). The molecule has 32 heavy (non-hydrogen) atoms. The number of aromatic nitrogens is 5. The van der Waals surface area contributed by atoms with E-state index >= 15 is 0 Å². The van der Waals surface area contributed by atoms with Crippen LogP contribution in [0.1, 0.15) is 92.4 Å². The molecule has 1 aromatic carbocycles. The van der Waals surface area contributed by atoms with Crippen LogP contribution in [0, 0.1) is 13.8 Å². The first-order chi connectivity index (χ1) is 15.6. The summed E-state index contributed by atoms with van der Waals surface area (Å²) in [5, 5.41) is 14.2. The summed E-state index contributed by atoms with van der Waals surface area (Å²) in [7, 11) is 0. The number of aryl methyl sites for hydroxylation is 2. The highest BCUT2D eigenvalue weighted by atomic mass is 16.1. The van der Waals surface area contributed by atoms with Gasteiger partial charge < -0.3 is 4.98 Å². The van der Waals surface area contributed by atoms with Crippen LogP contribution in [0.15, 0.2) is 23.0 Å². The van der Waals surface area contributed by atoms with E-state index in [-0.39, 0.29) is 11.6 Å². The lowest BCUT2D eigenvalue weighted by Gasteiger charge is -2.31. The molecule has 1 aliphatic heterocycles. The Kier molecular flexibility index (Phi) is 6.09. The number of hydrogen-bond donors (Lipinski definition) is 1. The maximum Gasteiger partial charge on any atom is 0.253 e. The quantitative estimate of drug-likeness (QED) is 0.649. The molecule has 2 aromatic heterocycles. The lowest BCUT2D eigenvalue weighted by atomic mass is 9.94. The van der Waals surface area contributed by atoms with E-state index < -0.39 is 0 Å². The number of likely N-dealkylation sites (tertiary alicyclic amines) is 1. The van der Waals surface area contributed by atoms with Gasteiger partial charge in [0.25, 0.3) is 5.56 Å². The van der Waals surface area contributed by atoms with Crippen LogP contribution in [0.3, 0.4) is 0 Å². The van der Waals surface area contributed by atoms with Gasteiger partial charge in [-0.1, -0.05) is 44.2 Å². The van der Waals surface area contributed by atoms with Crippen molar-refractivity contribution >= 4 is 10.9 Å². The molecule has 1 atom stereocenters. The molecule has 0 unspecified atom stereocenters. The number of hydrogen-bond acceptors (Lipinski definition) is 5. The number of fused-ring (bicyclic) bond motifs is 1. The van der Waals surface area contributed by atoms with Crippen molar-refractivity contribution in [1.82, 2.24) is 30.1 Å². The molecule has 0 spiro atoms. The van der Waals surface area contributed by atoms with Gasteiger partial charge in [-0.05, 0) is 80.2 Å². The van der Waals surface area contributed by atoms with Crippen molar-refractivity contribution in [2.24, 2.45) is 0 Å². The molecule has 1 aliphatic carbocycles. The van der Waals surface area contributed by atoms with Gasteiger partial charge in [0.2, 0.25) is 0 Å². The predicted octanol–water partition coefficient (Wildman–Crippen LogP) is 4.60. The number of aromatic amines is 1. The molecule has 1 saturated carbocycles. The van der Waals surface area contributed by atoms with Crippen LogP contribution < -0.4 is 5.56 Å². The predicted molar refractivity (Wildman–Crippen MR) is 126 cm³/mol. The number of benzene rings is 1. The molecule has 3 heterocycles. The monoisotopic (exact) mass is 434 g/mol. The topological polar surface area (TPSA) is 79.7 Å². The minimum Gasteiger partial charge on any atom is -0.321 e. The van der Waals surface area contributed by atoms with Crippen molar-refractivity contribution in [3.05, 3.63) is 51.1 Å². The molecule has 2 fully saturated rings. The molecule has 0 amide bonds. The van der Waals surface area contributed by atoms with Crippen molar-refractivity contribution in [2.45, 2.75) is 83.7 Å². The van der Waals surface area contributed by atoms with E-state index in [1.54, 1.807) is 0 Å². The zero-order chi connectivity index (χ0) is 22.1. The summed E-state index contributed by atoms with van der Waals surface area (Å²) >= 11 is 0. The van der Waals surface area contributed by atoms with Crippen molar-refractivity contribution < 1.29 is 0 Å². The van der Waals surface area contributed by atoms with E-state index in [0.717, 1.165) is 66.6 Å². The summed E-state index contributed by atoms with van der Waals surface area (Å²) in [6.45, 7) is 6.09. The SMILES string of the molecule is Cc1ccc(C)c2[nH]c(=O)c([C@H](c3nnnn3C3CCCCC3)N3CCCCCC3)cc12. The summed E-state index contributed by atoms with van der Waals surface area (Å²) in [6, 6.07) is 6.41. The van der Waals surface area contributed by atoms with E-state index in [0.29, 0.717) is 6.04 Å². The highest BCUT2D eigenvalue weighted by Crippen LogP contribution is 2.34. The highest BCUT2D eigenvalue weighted by molar-refractivity contribution is 5.85. The average Bonchev–Trinajstić information content (AvgIpc) is 3.13. The first-order valence-electron chi connectivity index (χ1n) is 12.3. The Bertz CT molecular complexity index is 1140. The Hall–Kier alpha value is -2.54. The summed E-state index contributed by atoms with van der Waals surface area (Å²) in [5.41, 5.74) is 3.93. The molecule has 1 N–H and O–H groups in total. The van der Waals surface area contributed by atoms with Crippen molar-refractivity contribution in [2.75, 3.05) is 13.1 Å². The lowest BCUT2D eigenvalue weighted by Crippen LogP contribution is -2.36. The minimum absolute atomic E-state index is 0.0290. The molecular weight excluding hydrogens is 400 g/mol. The van der Waals surface area contributed by atoms with E-state index in [9.17, 15) is 4.79 Å². The Morgan fingerprint density at radius 3 is 2.41 bits per heavy atom. The number of rotatable bonds is 4. The number of H-pyrrole nitrogens is 1. The van der Waals surface area contributed by atoms with E-state index in [1.165, 1.54) is 37.7 Å². The van der Waals surface area contributed by atoms with E-state index in [4.69, 9.17) is 0 Å². The van der Waals surface area contributed by atoms with E-state index in [1.807, 2.05) is 11.6 Å². The van der Waals surface area contributed by atoms with Gasteiger partial charge in [0.05, 0.1) is 11.6 Å². The molecule has 2 aliphatic rings. The minimum atomic E-state index is -0.224. The molecule has 0 bridgehead atoms. The molecule has 1 saturated heterocycles. The standard InChI is InChI=1S/C25H34N6O/c1-17-12-13-18(2)22-20(17)16-21(25(32)26-22)23(30-14-8-3-4-9-15-30)24-27-28-29-31(24)19-10-6-5-7-11-19/h12-13,16,19,23H,3-11,14-15H2,1-2H3,(H,26,32)/t23-/m1/s1. The maximum atomic E-state index is 13.5. The summed E-state index contributed by atoms with van der Waals surface area (Å²) in [5.74, 6) is 0.828. The van der Waals surface area contributed by atoms with Gasteiger partial charge in [-0.3, -0.25) is 9.69 Å². The fourth-order valence-electron chi connectivity index (χ4n) is 5.61. The highest BCUT2D eigenvalue weighted by Gasteiger charge is 2.33. The summed E-state index contributed by atoms with van der Waals surface area (Å²) in [4.78, 5) is 19.1. The first kappa shape index (κ1) is 21.3. The van der Waals surface area contributed by atoms with Gasteiger partial charge in [-0.2, -0.15) is 0 Å². The van der Waals surface area contributed by atoms with Crippen LogP contribution in [-0.4, -0.2) is 43.2 Å². The summed E-state index contributed by atoms with van der Waals surface area (Å²) < 4.78 is 2.04. The third-order valence-electron chi connectivity index (χ3n) is 7.46. The number of pyridine rings is 1. The number of nitrogens with one attached hydrogen (secondary N) is 1. The third-order valence-corrected chi connectivity index (χ3v) is 7.46. The second kappa shape index (κ2) is 9.14. The Balaban J connectivity index is 1.67. The van der Waals surface area contributed by atoms with Gasteiger partial charge in [0.15, 0.2) is 5.82 Å². The fourth-order valence-corrected chi connectivity index (χ4v) is 5.61. The third kappa shape index (κ3) is 3.98. The molecular formula is C25H34N6O. The molecule has 3 aromatic rings. The average molecular weight is 435 g/mol. The van der Waals surface area contributed by atoms with Crippen molar-refractivity contribution in [3.63, 3.8) is 0 Å². The van der Waals surface area contributed by atoms with Crippen molar-refractivity contribution in [3.8, 4) is 0 Å². The van der Waals surface area contributed by atoms with Gasteiger partial charge in [-0.15, -0.1) is 5.10 Å². The van der Waals surface area contributed by atoms with E-state index in [2.05, 4.69) is 50.5 Å². The van der Waals surface area contributed by atoms with Crippen LogP contribution in [0.4, 0.5) is 0 Å². The zero-order valence-corrected chi connectivity index (χ0v) is 19.3. The second-order valence-electron chi connectivity index (χ2n) is 9.67. The second-order valence-corrected chi connectivity index (χ2v) is 9.67. The number of nitrogens with zero attached hydrogens (tertiary/aromatic N) is 5. The molecule has 170 valence electrons. The Morgan fingerprint density at radius 1 is 0.969 bits per heavy atom. The van der Waals surface area contributed by atoms with Crippen LogP contribution >= 0.6 is 0 Å². The van der Waals surface area contributed by atoms with Gasteiger partial charge in [0, 0.05) is 10.9 Å². The molecule has 7 nitrogen and oxygen atoms in total. The van der Waals surface area contributed by atoms with Crippen LogP contribution in [-0.2, 0) is 0 Å². The van der Waals surface area contributed by atoms with Crippen molar-refractivity contribution in [1.29, 1.82) is 0 Å². The van der Waals surface area contributed by atoms with Crippen LogP contribution in [0.2, 0.25) is 0 Å². The van der Waals surface area contributed by atoms with Gasteiger partial charge in [-0.25, -0.2) is 4.68 Å². The lowest BCUT2D eigenvalue weighted by molar-refractivity contribution is 0.210. The normalized spacial score (nSPS) is 19.8. The van der Waals surface area contributed by atoms with Crippen LogP contribution in [0.5, 0.6) is 0 Å². The first-order valence-corrected chi connectivity index (χ1v) is 12.3. The molecule has 0 radical (unpaired) electrons.